The molecule has 19 rings (SSSR count). The Bertz CT molecular complexity index is 3620. The highest BCUT2D eigenvalue weighted by molar-refractivity contribution is 6.90. The summed E-state index contributed by atoms with van der Waals surface area (Å²) in [5, 5.41) is 5.67. The number of fused-ring (bicyclic) bond motifs is 9. The Hall–Kier alpha value is -5.54. The van der Waals surface area contributed by atoms with E-state index in [2.05, 4.69) is 165 Å². The molecule has 3 heteroatoms. The van der Waals surface area contributed by atoms with E-state index in [4.69, 9.17) is 0 Å². The van der Waals surface area contributed by atoms with Gasteiger partial charge in [0.25, 0.3) is 0 Å². The molecule has 8 bridgehead atoms. The molecular formula is C69H69BN2. The second-order valence-electron chi connectivity index (χ2n) is 27.7. The second kappa shape index (κ2) is 14.0. The molecule has 2 nitrogen and oxygen atoms in total. The van der Waals surface area contributed by atoms with Gasteiger partial charge in [0.15, 0.2) is 0 Å². The van der Waals surface area contributed by atoms with E-state index in [0.29, 0.717) is 5.41 Å². The Morgan fingerprint density at radius 2 is 1.04 bits per heavy atom. The van der Waals surface area contributed by atoms with Crippen LogP contribution < -0.4 is 15.8 Å². The van der Waals surface area contributed by atoms with Gasteiger partial charge < -0.3 is 9.38 Å². The minimum atomic E-state index is 0.0206. The van der Waals surface area contributed by atoms with Crippen molar-refractivity contribution in [1.82, 2.24) is 4.48 Å². The summed E-state index contributed by atoms with van der Waals surface area (Å²) in [6, 6.07) is 50.0. The monoisotopic (exact) mass is 937 g/mol. The summed E-state index contributed by atoms with van der Waals surface area (Å²) in [6.07, 6.45) is 19.6. The van der Waals surface area contributed by atoms with Gasteiger partial charge in [-0.15, -0.1) is 0 Å². The third-order valence-electron chi connectivity index (χ3n) is 22.4. The first-order chi connectivity index (χ1) is 34.9. The maximum atomic E-state index is 2.90. The fraction of sp³-hybridized carbons (Fsp3) is 0.420. The minimum absolute atomic E-state index is 0.0206. The normalized spacial score (nSPS) is 30.3. The van der Waals surface area contributed by atoms with Crippen molar-refractivity contribution >= 4 is 67.4 Å². The summed E-state index contributed by atoms with van der Waals surface area (Å²) in [7, 11) is 0. The Morgan fingerprint density at radius 3 is 1.68 bits per heavy atom. The highest BCUT2D eigenvalue weighted by atomic mass is 15.2. The van der Waals surface area contributed by atoms with Gasteiger partial charge in [-0.05, 0) is 269 Å². The number of anilines is 3. The zero-order valence-electron chi connectivity index (χ0n) is 43.4. The van der Waals surface area contributed by atoms with Crippen molar-refractivity contribution in [2.24, 2.45) is 35.5 Å². The number of hydrogen-bond acceptors (Lipinski definition) is 1. The molecule has 3 heterocycles. The van der Waals surface area contributed by atoms with Crippen LogP contribution in [0.2, 0.25) is 0 Å². The average molecular weight is 937 g/mol. The van der Waals surface area contributed by atoms with E-state index in [9.17, 15) is 0 Å². The lowest BCUT2D eigenvalue weighted by molar-refractivity contribution is -0.00527. The first-order valence-electron chi connectivity index (χ1n) is 28.7. The van der Waals surface area contributed by atoms with Crippen LogP contribution in [0.1, 0.15) is 145 Å². The molecule has 0 N–H and O–H groups in total. The Labute approximate surface area is 427 Å². The molecule has 0 spiro atoms. The maximum Gasteiger partial charge on any atom is 0.333 e. The number of aromatic nitrogens is 1. The third kappa shape index (κ3) is 5.59. The van der Waals surface area contributed by atoms with Crippen LogP contribution in [0, 0.1) is 42.4 Å². The van der Waals surface area contributed by atoms with Crippen molar-refractivity contribution in [3.05, 3.63) is 149 Å². The lowest BCUT2D eigenvalue weighted by Gasteiger charge is -2.57. The van der Waals surface area contributed by atoms with Crippen molar-refractivity contribution in [2.45, 2.75) is 146 Å². The van der Waals surface area contributed by atoms with E-state index in [1.165, 1.54) is 189 Å². The molecule has 8 fully saturated rings. The van der Waals surface area contributed by atoms with Crippen molar-refractivity contribution in [1.29, 1.82) is 0 Å². The molecule has 1 aromatic heterocycles. The maximum absolute atomic E-state index is 2.90. The lowest BCUT2D eigenvalue weighted by Crippen LogP contribution is -2.56. The van der Waals surface area contributed by atoms with Crippen LogP contribution in [0.4, 0.5) is 17.1 Å². The van der Waals surface area contributed by atoms with Gasteiger partial charge in [-0.1, -0.05) is 100 Å². The highest BCUT2D eigenvalue weighted by Gasteiger charge is 2.54. The van der Waals surface area contributed by atoms with E-state index in [1.807, 2.05) is 0 Å². The molecule has 0 saturated heterocycles. The molecule has 2 aliphatic heterocycles. The van der Waals surface area contributed by atoms with E-state index in [-0.39, 0.29) is 23.1 Å². The van der Waals surface area contributed by atoms with Gasteiger partial charge in [0.2, 0.25) is 0 Å². The topological polar surface area (TPSA) is 8.17 Å². The molecular weight excluding hydrogens is 868 g/mol. The number of aryl methyl sites for hydroxylation is 1. The summed E-state index contributed by atoms with van der Waals surface area (Å²) in [5.74, 6) is 5.43. The summed E-state index contributed by atoms with van der Waals surface area (Å²) < 4.78 is 2.90. The van der Waals surface area contributed by atoms with Crippen molar-refractivity contribution < 1.29 is 0 Å². The molecule has 11 aliphatic rings. The largest absolute Gasteiger partial charge is 0.375 e. The van der Waals surface area contributed by atoms with Crippen LogP contribution in [-0.2, 0) is 21.7 Å². The summed E-state index contributed by atoms with van der Waals surface area (Å²) in [6.45, 7) is 12.4. The van der Waals surface area contributed by atoms with Gasteiger partial charge >= 0.3 is 6.85 Å². The van der Waals surface area contributed by atoms with Crippen LogP contribution in [0.3, 0.4) is 0 Å². The fourth-order valence-corrected chi connectivity index (χ4v) is 19.8. The smallest absolute Gasteiger partial charge is 0.333 e. The molecule has 9 aliphatic carbocycles. The van der Waals surface area contributed by atoms with Gasteiger partial charge in [-0.25, -0.2) is 0 Å². The first-order valence-corrected chi connectivity index (χ1v) is 28.7. The van der Waals surface area contributed by atoms with E-state index >= 15 is 0 Å². The Kier molecular flexibility index (Phi) is 8.14. The zero-order chi connectivity index (χ0) is 47.8. The summed E-state index contributed by atoms with van der Waals surface area (Å²) >= 11 is 0. The highest BCUT2D eigenvalue weighted by Crippen LogP contribution is 2.64. The van der Waals surface area contributed by atoms with E-state index in [0.717, 1.165) is 35.5 Å². The van der Waals surface area contributed by atoms with Crippen LogP contribution in [0.15, 0.2) is 121 Å². The molecule has 0 amide bonds. The predicted molar refractivity (Wildman–Crippen MR) is 303 cm³/mol. The zero-order valence-corrected chi connectivity index (χ0v) is 43.4. The van der Waals surface area contributed by atoms with Crippen LogP contribution >= 0.6 is 0 Å². The molecule has 8 aromatic rings. The van der Waals surface area contributed by atoms with Gasteiger partial charge in [0, 0.05) is 44.4 Å². The molecule has 7 aromatic carbocycles. The van der Waals surface area contributed by atoms with Gasteiger partial charge in [-0.2, -0.15) is 0 Å². The number of nitrogens with zero attached hydrogens (tertiary/aromatic N) is 2. The number of benzene rings is 7. The van der Waals surface area contributed by atoms with Crippen molar-refractivity contribution in [3.63, 3.8) is 0 Å². The minimum Gasteiger partial charge on any atom is -0.375 e. The molecule has 0 unspecified atom stereocenters. The standard InChI is InChI=1S/C69H69BN2/c1-40-19-57-58(67(4,5)18-17-66(57,2)3)33-61(40)71-62-28-49-14-10-9-13-48(49)27-59(62)70-64-54(26-50(29-63(64)71)47-11-7-6-8-12-47)56-32-52(69-37-44-23-45(38-69)25-46(24-44)39-69)31-55-53-30-51(15-16-60(53)72(70)65(55)56)68-34-41-20-42(35-68)22-43(21-41)36-68/h6-16,19,26-33,41-46H,17-18,20-25,34-39H2,1-5H3. The van der Waals surface area contributed by atoms with Crippen LogP contribution in [0.25, 0.3) is 54.8 Å². The second-order valence-corrected chi connectivity index (χ2v) is 27.7. The fourth-order valence-electron chi connectivity index (χ4n) is 19.8. The Morgan fingerprint density at radius 1 is 0.472 bits per heavy atom. The number of hydrogen-bond donors (Lipinski definition) is 0. The molecule has 72 heavy (non-hydrogen) atoms. The Balaban J connectivity index is 0.995. The van der Waals surface area contributed by atoms with E-state index < -0.39 is 0 Å². The summed E-state index contributed by atoms with van der Waals surface area (Å²) in [4.78, 5) is 2.76. The van der Waals surface area contributed by atoms with Gasteiger partial charge in [0.05, 0.1) is 0 Å². The summed E-state index contributed by atoms with van der Waals surface area (Å²) in [5.41, 5.74) is 23.9. The van der Waals surface area contributed by atoms with Crippen LogP contribution in [0.5, 0.6) is 0 Å². The van der Waals surface area contributed by atoms with Crippen molar-refractivity contribution in [3.8, 4) is 22.3 Å². The predicted octanol–water partition coefficient (Wildman–Crippen LogP) is 16.6. The van der Waals surface area contributed by atoms with Gasteiger partial charge in [0.1, 0.15) is 0 Å². The van der Waals surface area contributed by atoms with E-state index in [1.54, 1.807) is 11.1 Å². The molecule has 0 radical (unpaired) electrons. The molecule has 0 atom stereocenters. The quantitative estimate of drug-likeness (QED) is 0.160. The van der Waals surface area contributed by atoms with Crippen LogP contribution in [-0.4, -0.2) is 11.3 Å². The molecule has 8 saturated carbocycles. The number of rotatable bonds is 4. The molecule has 358 valence electrons. The SMILES string of the molecule is Cc1cc2c(cc1N1c3cc4ccccc4cc3B3c4c(cc(-c5ccccc5)cc41)-c1cc(C45CC6CC(CC(C6)C4)C5)cc4c5cc(C67CC8CC(CC(C8)C6)C7)ccc5n3c14)C(C)(C)CCC2(C)C. The van der Waals surface area contributed by atoms with Gasteiger partial charge in [-0.3, -0.25) is 0 Å². The first kappa shape index (κ1) is 41.9. The van der Waals surface area contributed by atoms with Crippen molar-refractivity contribution in [2.75, 3.05) is 4.90 Å². The third-order valence-corrected chi connectivity index (χ3v) is 22.4. The lowest BCUT2D eigenvalue weighted by atomic mass is 9.44. The average Bonchev–Trinajstić information content (AvgIpc) is 3.70.